The van der Waals surface area contributed by atoms with E-state index in [1.165, 1.54) is 0 Å². The van der Waals surface area contributed by atoms with Crippen LogP contribution in [-0.2, 0) is 0 Å². The summed E-state index contributed by atoms with van der Waals surface area (Å²) in [5.74, 6) is 0.171. The lowest BCUT2D eigenvalue weighted by Crippen LogP contribution is -2.15. The molecule has 6 heteroatoms. The molecule has 18 heavy (non-hydrogen) atoms. The topological polar surface area (TPSA) is 94.5 Å². The Morgan fingerprint density at radius 2 is 2.22 bits per heavy atom. The lowest BCUT2D eigenvalue weighted by Gasteiger charge is -2.06. The first-order chi connectivity index (χ1) is 8.61. The fourth-order valence-electron chi connectivity index (χ4n) is 1.54. The summed E-state index contributed by atoms with van der Waals surface area (Å²) in [4.78, 5) is 15.8. The Bertz CT molecular complexity index is 638. The van der Waals surface area contributed by atoms with Gasteiger partial charge in [-0.25, -0.2) is 4.98 Å². The van der Waals surface area contributed by atoms with E-state index < -0.39 is 5.91 Å². The van der Waals surface area contributed by atoms with Gasteiger partial charge in [0, 0.05) is 0 Å². The number of hydrogen-bond donors (Lipinski definition) is 2. The van der Waals surface area contributed by atoms with E-state index >= 15 is 0 Å². The Balaban J connectivity index is 2.28. The van der Waals surface area contributed by atoms with Crippen molar-refractivity contribution in [2.45, 2.75) is 13.8 Å². The van der Waals surface area contributed by atoms with Gasteiger partial charge in [0.15, 0.2) is 0 Å². The van der Waals surface area contributed by atoms with Crippen molar-refractivity contribution in [2.24, 2.45) is 0 Å². The van der Waals surface area contributed by atoms with Crippen LogP contribution < -0.4 is 5.32 Å². The van der Waals surface area contributed by atoms with Gasteiger partial charge in [0.1, 0.15) is 11.9 Å². The molecule has 1 aromatic carbocycles. The molecule has 1 amide bonds. The fraction of sp³-hybridized carbons (Fsp3) is 0.167. The third kappa shape index (κ3) is 2.20. The van der Waals surface area contributed by atoms with Crippen LogP contribution in [0.4, 0.5) is 5.69 Å². The van der Waals surface area contributed by atoms with Gasteiger partial charge in [-0.15, -0.1) is 5.10 Å². The molecule has 1 aromatic heterocycles. The van der Waals surface area contributed by atoms with Gasteiger partial charge >= 0.3 is 0 Å². The van der Waals surface area contributed by atoms with Crippen LogP contribution in [0.5, 0.6) is 0 Å². The molecular formula is C12H11N5O. The second-order valence-electron chi connectivity index (χ2n) is 3.81. The minimum atomic E-state index is -0.443. The number of rotatable bonds is 2. The maximum atomic E-state index is 11.8. The van der Waals surface area contributed by atoms with Crippen molar-refractivity contribution in [3.05, 3.63) is 41.0 Å². The molecule has 1 heterocycles. The number of aromatic amines is 1. The molecule has 0 unspecified atom stereocenters. The van der Waals surface area contributed by atoms with Crippen LogP contribution in [0.1, 0.15) is 27.6 Å². The quantitative estimate of drug-likeness (QED) is 0.833. The number of benzene rings is 1. The molecule has 0 atom stereocenters. The zero-order valence-corrected chi connectivity index (χ0v) is 9.98. The molecule has 0 aliphatic heterocycles. The molecule has 2 N–H and O–H groups in total. The first-order valence-electron chi connectivity index (χ1n) is 5.32. The van der Waals surface area contributed by atoms with Crippen molar-refractivity contribution in [1.82, 2.24) is 15.2 Å². The maximum Gasteiger partial charge on any atom is 0.295 e. The lowest BCUT2D eigenvalue weighted by atomic mass is 10.1. The van der Waals surface area contributed by atoms with Crippen LogP contribution in [0.25, 0.3) is 0 Å². The Kier molecular flexibility index (Phi) is 3.06. The van der Waals surface area contributed by atoms with Crippen molar-refractivity contribution in [1.29, 1.82) is 5.26 Å². The van der Waals surface area contributed by atoms with E-state index in [4.69, 9.17) is 5.26 Å². The zero-order chi connectivity index (χ0) is 13.1. The Morgan fingerprint density at radius 1 is 1.44 bits per heavy atom. The number of aromatic nitrogens is 3. The van der Waals surface area contributed by atoms with Gasteiger partial charge in [-0.05, 0) is 25.5 Å². The summed E-state index contributed by atoms with van der Waals surface area (Å²) in [7, 11) is 0. The van der Waals surface area contributed by atoms with E-state index in [2.05, 4.69) is 26.6 Å². The number of amides is 1. The second kappa shape index (κ2) is 4.67. The highest BCUT2D eigenvalue weighted by Crippen LogP contribution is 2.18. The first kappa shape index (κ1) is 11.8. The molecular weight excluding hydrogens is 230 g/mol. The van der Waals surface area contributed by atoms with Crippen molar-refractivity contribution >= 4 is 11.6 Å². The van der Waals surface area contributed by atoms with Gasteiger partial charge in [0.25, 0.3) is 5.91 Å². The van der Waals surface area contributed by atoms with Crippen molar-refractivity contribution in [2.75, 3.05) is 5.32 Å². The maximum absolute atomic E-state index is 11.8. The van der Waals surface area contributed by atoms with Gasteiger partial charge < -0.3 is 5.32 Å². The van der Waals surface area contributed by atoms with Gasteiger partial charge in [-0.3, -0.25) is 9.89 Å². The number of nitrogens with one attached hydrogen (secondary N) is 2. The number of anilines is 1. The van der Waals surface area contributed by atoms with E-state index in [1.54, 1.807) is 19.1 Å². The predicted octanol–water partition coefficient (Wildman–Crippen LogP) is 1.55. The summed E-state index contributed by atoms with van der Waals surface area (Å²) in [6.45, 7) is 3.52. The number of hydrogen-bond acceptors (Lipinski definition) is 4. The molecule has 0 saturated carbocycles. The molecule has 0 bridgehead atoms. The smallest absolute Gasteiger partial charge is 0.295 e. The lowest BCUT2D eigenvalue weighted by molar-refractivity contribution is 0.101. The normalized spacial score (nSPS) is 9.83. The number of H-pyrrole nitrogens is 1. The van der Waals surface area contributed by atoms with Gasteiger partial charge in [0.2, 0.25) is 5.82 Å². The first-order valence-corrected chi connectivity index (χ1v) is 5.32. The van der Waals surface area contributed by atoms with Crippen LogP contribution in [0, 0.1) is 25.2 Å². The molecule has 6 nitrogen and oxygen atoms in total. The largest absolute Gasteiger partial charge is 0.318 e. The number of nitriles is 1. The standard InChI is InChI=1S/C12H11N5O/c1-7-4-3-5-10(9(7)6-13)15-12(18)11-14-8(2)16-17-11/h3-5H,1-2H3,(H,15,18)(H,14,16,17). The van der Waals surface area contributed by atoms with Gasteiger partial charge in [-0.2, -0.15) is 5.26 Å². The zero-order valence-electron chi connectivity index (χ0n) is 9.98. The third-order valence-electron chi connectivity index (χ3n) is 2.43. The number of carbonyl (C=O) groups is 1. The summed E-state index contributed by atoms with van der Waals surface area (Å²) >= 11 is 0. The summed E-state index contributed by atoms with van der Waals surface area (Å²) in [6.07, 6.45) is 0. The molecule has 90 valence electrons. The molecule has 0 spiro atoms. The van der Waals surface area contributed by atoms with Gasteiger partial charge in [-0.1, -0.05) is 12.1 Å². The number of carbonyl (C=O) groups excluding carboxylic acids is 1. The highest BCUT2D eigenvalue weighted by atomic mass is 16.2. The highest BCUT2D eigenvalue weighted by Gasteiger charge is 2.14. The van der Waals surface area contributed by atoms with E-state index in [-0.39, 0.29) is 5.82 Å². The van der Waals surface area contributed by atoms with E-state index in [0.29, 0.717) is 17.1 Å². The third-order valence-corrected chi connectivity index (χ3v) is 2.43. The molecule has 0 fully saturated rings. The molecule has 0 aliphatic carbocycles. The van der Waals surface area contributed by atoms with Gasteiger partial charge in [0.05, 0.1) is 11.3 Å². The average molecular weight is 241 g/mol. The fourth-order valence-corrected chi connectivity index (χ4v) is 1.54. The van der Waals surface area contributed by atoms with E-state index in [1.807, 2.05) is 13.0 Å². The molecule has 0 saturated heterocycles. The average Bonchev–Trinajstić information content (AvgIpc) is 2.76. The van der Waals surface area contributed by atoms with E-state index in [9.17, 15) is 4.79 Å². The Labute approximate surface area is 104 Å². The van der Waals surface area contributed by atoms with Crippen molar-refractivity contribution in [3.8, 4) is 6.07 Å². The molecule has 2 rings (SSSR count). The predicted molar refractivity (Wildman–Crippen MR) is 65.0 cm³/mol. The van der Waals surface area contributed by atoms with Crippen LogP contribution >= 0.6 is 0 Å². The minimum absolute atomic E-state index is 0.0536. The minimum Gasteiger partial charge on any atom is -0.318 e. The molecule has 0 radical (unpaired) electrons. The number of aryl methyl sites for hydroxylation is 2. The summed E-state index contributed by atoms with van der Waals surface area (Å²) in [6, 6.07) is 7.32. The SMILES string of the molecule is Cc1nc(C(=O)Nc2cccc(C)c2C#N)n[nH]1. The molecule has 2 aromatic rings. The monoisotopic (exact) mass is 241 g/mol. The number of nitrogens with zero attached hydrogens (tertiary/aromatic N) is 3. The van der Waals surface area contributed by atoms with Crippen molar-refractivity contribution in [3.63, 3.8) is 0 Å². The summed E-state index contributed by atoms with van der Waals surface area (Å²) < 4.78 is 0. The van der Waals surface area contributed by atoms with Crippen LogP contribution in [0.2, 0.25) is 0 Å². The van der Waals surface area contributed by atoms with Crippen LogP contribution in [0.15, 0.2) is 18.2 Å². The van der Waals surface area contributed by atoms with Crippen LogP contribution in [0.3, 0.4) is 0 Å². The Morgan fingerprint density at radius 3 is 2.83 bits per heavy atom. The van der Waals surface area contributed by atoms with Crippen LogP contribution in [-0.4, -0.2) is 21.1 Å². The summed E-state index contributed by atoms with van der Waals surface area (Å²) in [5, 5.41) is 18.0. The van der Waals surface area contributed by atoms with E-state index in [0.717, 1.165) is 5.56 Å². The summed E-state index contributed by atoms with van der Waals surface area (Å²) in [5.41, 5.74) is 1.71. The molecule has 0 aliphatic rings. The Hall–Kier alpha value is -2.68. The highest BCUT2D eigenvalue weighted by molar-refractivity contribution is 6.02. The van der Waals surface area contributed by atoms with Crippen molar-refractivity contribution < 1.29 is 4.79 Å². The second-order valence-corrected chi connectivity index (χ2v) is 3.81.